The number of aromatic nitrogens is 1. The third-order valence-electron chi connectivity index (χ3n) is 11.8. The lowest BCUT2D eigenvalue weighted by atomic mass is 9.96. The molecule has 12 rings (SSSR count). The van der Waals surface area contributed by atoms with Crippen molar-refractivity contribution in [2.45, 2.75) is 6.42 Å². The quantitative estimate of drug-likeness (QED) is 0.164. The summed E-state index contributed by atoms with van der Waals surface area (Å²) in [5.74, 6) is 0. The van der Waals surface area contributed by atoms with E-state index in [1.165, 1.54) is 98.6 Å². The van der Waals surface area contributed by atoms with Crippen LogP contribution in [0.5, 0.6) is 0 Å². The van der Waals surface area contributed by atoms with Crippen molar-refractivity contribution in [3.63, 3.8) is 0 Å². The molecular formula is C49H32N3S+. The number of benzene rings is 7. The minimum absolute atomic E-state index is 0.548. The van der Waals surface area contributed by atoms with E-state index in [0.29, 0.717) is 4.48 Å². The van der Waals surface area contributed by atoms with E-state index < -0.39 is 0 Å². The van der Waals surface area contributed by atoms with Crippen molar-refractivity contribution in [3.8, 4) is 22.3 Å². The lowest BCUT2D eigenvalue weighted by Gasteiger charge is -2.33. The van der Waals surface area contributed by atoms with Gasteiger partial charge in [-0.1, -0.05) is 115 Å². The van der Waals surface area contributed by atoms with Crippen LogP contribution >= 0.6 is 11.3 Å². The molecule has 1 atom stereocenters. The second-order valence-electron chi connectivity index (χ2n) is 14.5. The Bertz CT molecular complexity index is 3200. The summed E-state index contributed by atoms with van der Waals surface area (Å²) in [5, 5.41) is 7.57. The highest BCUT2D eigenvalue weighted by atomic mass is 32.1. The van der Waals surface area contributed by atoms with E-state index in [4.69, 9.17) is 4.99 Å². The maximum atomic E-state index is 5.50. The van der Waals surface area contributed by atoms with E-state index in [0.717, 1.165) is 17.1 Å². The van der Waals surface area contributed by atoms with Crippen LogP contribution in [0.4, 0.5) is 16.4 Å². The van der Waals surface area contributed by atoms with Gasteiger partial charge in [0.25, 0.3) is 0 Å². The minimum Gasteiger partial charge on any atom is -0.308 e. The van der Waals surface area contributed by atoms with Crippen LogP contribution < -0.4 is 4.48 Å². The number of thiophene rings is 1. The zero-order valence-electron chi connectivity index (χ0n) is 29.0. The normalized spacial score (nSPS) is 16.6. The predicted molar refractivity (Wildman–Crippen MR) is 226 cm³/mol. The van der Waals surface area contributed by atoms with Crippen LogP contribution in [0.3, 0.4) is 0 Å². The Morgan fingerprint density at radius 3 is 2.04 bits per heavy atom. The van der Waals surface area contributed by atoms with E-state index in [9.17, 15) is 0 Å². The van der Waals surface area contributed by atoms with Crippen LogP contribution in [0.2, 0.25) is 0 Å². The van der Waals surface area contributed by atoms with Crippen LogP contribution in [0.15, 0.2) is 169 Å². The minimum atomic E-state index is 0.548. The fraction of sp³-hybridized carbons (Fsp3) is 0.0408. The number of hydrogen-bond donors (Lipinski definition) is 0. The molecule has 1 unspecified atom stereocenters. The summed E-state index contributed by atoms with van der Waals surface area (Å²) in [6, 6.07) is 58.0. The smallest absolute Gasteiger partial charge is 0.161 e. The fourth-order valence-corrected chi connectivity index (χ4v) is 10.6. The lowest BCUT2D eigenvalue weighted by molar-refractivity contribution is 0.659. The number of fused-ring (bicyclic) bond motifs is 13. The average Bonchev–Trinajstić information content (AvgIpc) is 3.89. The molecule has 0 saturated carbocycles. The first-order chi connectivity index (χ1) is 26.2. The summed E-state index contributed by atoms with van der Waals surface area (Å²) in [5.41, 5.74) is 16.3. The third kappa shape index (κ3) is 3.84. The molecule has 4 heteroatoms. The van der Waals surface area contributed by atoms with Crippen molar-refractivity contribution in [1.82, 2.24) is 8.88 Å². The van der Waals surface area contributed by atoms with Crippen LogP contribution in [-0.4, -0.2) is 17.2 Å². The molecule has 0 radical (unpaired) electrons. The van der Waals surface area contributed by atoms with Gasteiger partial charge in [-0.3, -0.25) is 0 Å². The average molecular weight is 695 g/mol. The van der Waals surface area contributed by atoms with E-state index in [2.05, 4.69) is 175 Å². The van der Waals surface area contributed by atoms with E-state index in [1.807, 2.05) is 0 Å². The van der Waals surface area contributed by atoms with Crippen molar-refractivity contribution >= 4 is 87.3 Å². The summed E-state index contributed by atoms with van der Waals surface area (Å²) in [6.45, 7) is 0. The molecule has 3 aromatic heterocycles. The van der Waals surface area contributed by atoms with Gasteiger partial charge >= 0.3 is 0 Å². The Morgan fingerprint density at radius 1 is 0.585 bits per heavy atom. The second kappa shape index (κ2) is 10.6. The number of para-hydroxylation sites is 2. The summed E-state index contributed by atoms with van der Waals surface area (Å²) in [4.78, 5) is 5.50. The Labute approximate surface area is 310 Å². The van der Waals surface area contributed by atoms with Gasteiger partial charge in [-0.2, -0.15) is 0 Å². The van der Waals surface area contributed by atoms with Gasteiger partial charge in [-0.05, 0) is 59.2 Å². The first-order valence-corrected chi connectivity index (χ1v) is 19.1. The first-order valence-electron chi connectivity index (χ1n) is 18.3. The summed E-state index contributed by atoms with van der Waals surface area (Å²) in [7, 11) is 2.44. The molecule has 2 aliphatic rings. The van der Waals surface area contributed by atoms with Crippen molar-refractivity contribution in [3.05, 3.63) is 175 Å². The molecule has 0 amide bonds. The molecule has 3 nitrogen and oxygen atoms in total. The number of hydrogen-bond acceptors (Lipinski definition) is 2. The zero-order chi connectivity index (χ0) is 34.8. The van der Waals surface area contributed by atoms with Crippen molar-refractivity contribution in [2.75, 3.05) is 7.05 Å². The Balaban J connectivity index is 1.25. The van der Waals surface area contributed by atoms with Crippen molar-refractivity contribution in [1.29, 1.82) is 0 Å². The van der Waals surface area contributed by atoms with Gasteiger partial charge in [-0.15, -0.1) is 11.3 Å². The zero-order valence-corrected chi connectivity index (χ0v) is 29.9. The summed E-state index contributed by atoms with van der Waals surface area (Å²) >= 11 is 1.81. The highest BCUT2D eigenvalue weighted by Crippen LogP contribution is 2.63. The molecule has 248 valence electrons. The topological polar surface area (TPSA) is 16.8 Å². The predicted octanol–water partition coefficient (Wildman–Crippen LogP) is 13.5. The van der Waals surface area contributed by atoms with Gasteiger partial charge in [0.05, 0.1) is 51.4 Å². The first kappa shape index (κ1) is 29.3. The molecule has 0 spiro atoms. The van der Waals surface area contributed by atoms with Crippen LogP contribution in [0, 0.1) is 0 Å². The fourth-order valence-electron chi connectivity index (χ4n) is 9.54. The van der Waals surface area contributed by atoms with Crippen LogP contribution in [0.25, 0.3) is 76.1 Å². The Kier molecular flexibility index (Phi) is 5.86. The standard InChI is InChI=1S/C49H32N3S/c1-52(43-27-25-39(31-16-6-3-7-17-31)50-49-45(43)35-20-10-13-23-44(35)53-49)42-26-24-32(30-14-4-2-5-15-30)28-36(42)38-29-37-33-18-8-11-21-40(33)51-41-22-12-9-19-34(41)46(47(37)51)48(38)52/h2-24,26-29H,25H2,1H3/q+1. The molecular weight excluding hydrogens is 663 g/mol. The molecule has 5 heterocycles. The van der Waals surface area contributed by atoms with E-state index in [-0.39, 0.29) is 0 Å². The van der Waals surface area contributed by atoms with Crippen molar-refractivity contribution < 1.29 is 0 Å². The number of aliphatic imine (C=N–C) groups is 1. The van der Waals surface area contributed by atoms with Gasteiger partial charge in [0, 0.05) is 38.7 Å². The number of allylic oxidation sites excluding steroid dienone is 1. The van der Waals surface area contributed by atoms with Crippen LogP contribution in [-0.2, 0) is 0 Å². The molecule has 7 aromatic carbocycles. The maximum Gasteiger partial charge on any atom is 0.161 e. The largest absolute Gasteiger partial charge is 0.308 e. The number of nitrogens with zero attached hydrogens (tertiary/aromatic N) is 3. The van der Waals surface area contributed by atoms with Gasteiger partial charge in [0.1, 0.15) is 10.7 Å². The number of rotatable bonds is 3. The number of quaternary nitrogens is 1. The monoisotopic (exact) mass is 694 g/mol. The second-order valence-corrected chi connectivity index (χ2v) is 15.5. The molecule has 0 aliphatic carbocycles. The molecule has 0 saturated heterocycles. The third-order valence-corrected chi connectivity index (χ3v) is 12.9. The van der Waals surface area contributed by atoms with Crippen molar-refractivity contribution in [2.24, 2.45) is 4.99 Å². The molecule has 0 fully saturated rings. The maximum absolute atomic E-state index is 5.50. The van der Waals surface area contributed by atoms with E-state index in [1.54, 1.807) is 11.3 Å². The highest BCUT2D eigenvalue weighted by Gasteiger charge is 2.49. The lowest BCUT2D eigenvalue weighted by Crippen LogP contribution is -2.36. The Morgan fingerprint density at radius 2 is 1.25 bits per heavy atom. The molecule has 0 bridgehead atoms. The summed E-state index contributed by atoms with van der Waals surface area (Å²) < 4.78 is 4.33. The molecule has 0 N–H and O–H groups in total. The molecule has 10 aromatic rings. The molecule has 53 heavy (non-hydrogen) atoms. The van der Waals surface area contributed by atoms with Gasteiger partial charge < -0.3 is 4.40 Å². The highest BCUT2D eigenvalue weighted by molar-refractivity contribution is 7.23. The van der Waals surface area contributed by atoms with E-state index >= 15 is 0 Å². The SMILES string of the molecule is C[N+]1(C2=CCC(c3ccccc3)=Nc3sc4ccccc4c32)c2ccc(-c3ccccc3)cc2-c2cc3c4ccccc4n4c5ccccc5c(c21)c34. The van der Waals surface area contributed by atoms with Gasteiger partial charge in [0.2, 0.25) is 0 Å². The summed E-state index contributed by atoms with van der Waals surface area (Å²) in [6.07, 6.45) is 3.23. The van der Waals surface area contributed by atoms with Crippen LogP contribution in [0.1, 0.15) is 17.5 Å². The molecule has 2 aliphatic heterocycles. The Hall–Kier alpha value is -6.33. The van der Waals surface area contributed by atoms with Gasteiger partial charge in [0.15, 0.2) is 11.4 Å². The van der Waals surface area contributed by atoms with Gasteiger partial charge in [-0.25, -0.2) is 9.48 Å².